The quantitative estimate of drug-likeness (QED) is 0.423. The van der Waals surface area contributed by atoms with E-state index >= 15 is 0 Å². The van der Waals surface area contributed by atoms with Crippen LogP contribution in [0.4, 0.5) is 5.69 Å². The normalized spacial score (nSPS) is 11.9. The molecule has 0 amide bonds. The highest BCUT2D eigenvalue weighted by Gasteiger charge is 2.11. The maximum atomic E-state index is 8.84. The van der Waals surface area contributed by atoms with Gasteiger partial charge in [0.15, 0.2) is 0 Å². The van der Waals surface area contributed by atoms with Gasteiger partial charge in [-0.25, -0.2) is 4.52 Å². The first-order chi connectivity index (χ1) is 10.1. The van der Waals surface area contributed by atoms with Crippen LogP contribution in [0.3, 0.4) is 0 Å². The SMILES string of the molecule is CN(C=[N+](C)CCO)CCOc1nn2ccccc2c1N. The molecule has 7 heteroatoms. The summed E-state index contributed by atoms with van der Waals surface area (Å²) in [6.45, 7) is 1.91. The van der Waals surface area contributed by atoms with E-state index in [1.165, 1.54) is 0 Å². The second kappa shape index (κ2) is 6.94. The number of aliphatic hydroxyl groups excluding tert-OH is 1. The Hall–Kier alpha value is -2.28. The monoisotopic (exact) mass is 292 g/mol. The molecule has 2 aromatic rings. The zero-order valence-electron chi connectivity index (χ0n) is 12.4. The van der Waals surface area contributed by atoms with Gasteiger partial charge in [-0.2, -0.15) is 0 Å². The Morgan fingerprint density at radius 1 is 1.52 bits per heavy atom. The number of hydrogen-bond donors (Lipinski definition) is 2. The maximum absolute atomic E-state index is 8.84. The molecule has 7 nitrogen and oxygen atoms in total. The minimum atomic E-state index is 0.134. The summed E-state index contributed by atoms with van der Waals surface area (Å²) in [5.41, 5.74) is 7.41. The fourth-order valence-corrected chi connectivity index (χ4v) is 2.00. The highest BCUT2D eigenvalue weighted by atomic mass is 16.5. The van der Waals surface area contributed by atoms with Crippen LogP contribution in [0.1, 0.15) is 0 Å². The van der Waals surface area contributed by atoms with Gasteiger partial charge < -0.3 is 15.6 Å². The highest BCUT2D eigenvalue weighted by Crippen LogP contribution is 2.24. The van der Waals surface area contributed by atoms with Crippen molar-refractivity contribution < 1.29 is 14.4 Å². The standard InChI is InChI=1S/C14H22N5O2/c1-17(7-9-20)11-18(2)8-10-21-14-13(15)12-5-3-4-6-19(12)16-14/h3-6,11,20H,7-10,15H2,1-2H3/q+1. The van der Waals surface area contributed by atoms with Crippen LogP contribution in [0.2, 0.25) is 0 Å². The molecule has 2 rings (SSSR count). The number of rotatable bonds is 7. The first-order valence-electron chi connectivity index (χ1n) is 6.84. The Labute approximate surface area is 123 Å². The van der Waals surface area contributed by atoms with Gasteiger partial charge in [-0.15, -0.1) is 5.10 Å². The first kappa shape index (κ1) is 15.1. The van der Waals surface area contributed by atoms with E-state index in [4.69, 9.17) is 15.6 Å². The third kappa shape index (κ3) is 3.85. The molecule has 0 radical (unpaired) electrons. The predicted octanol–water partition coefficient (Wildman–Crippen LogP) is -0.110. The van der Waals surface area contributed by atoms with Crippen molar-refractivity contribution in [2.24, 2.45) is 0 Å². The lowest BCUT2D eigenvalue weighted by molar-refractivity contribution is -0.499. The van der Waals surface area contributed by atoms with E-state index in [0.717, 1.165) is 5.52 Å². The molecule has 0 bridgehead atoms. The number of aromatic nitrogens is 2. The molecule has 3 N–H and O–H groups in total. The van der Waals surface area contributed by atoms with Crippen LogP contribution in [-0.4, -0.2) is 70.9 Å². The average molecular weight is 292 g/mol. The summed E-state index contributed by atoms with van der Waals surface area (Å²) in [5.74, 6) is 0.457. The second-order valence-corrected chi connectivity index (χ2v) is 4.90. The molecular weight excluding hydrogens is 270 g/mol. The molecule has 21 heavy (non-hydrogen) atoms. The van der Waals surface area contributed by atoms with Crippen molar-refractivity contribution in [2.45, 2.75) is 0 Å². The zero-order chi connectivity index (χ0) is 15.2. The molecule has 0 unspecified atom stereocenters. The van der Waals surface area contributed by atoms with Crippen molar-refractivity contribution in [1.29, 1.82) is 0 Å². The van der Waals surface area contributed by atoms with Crippen LogP contribution in [0.15, 0.2) is 24.4 Å². The van der Waals surface area contributed by atoms with E-state index in [-0.39, 0.29) is 6.61 Å². The molecular formula is C14H22N5O2+. The number of nitrogens with two attached hydrogens (primary N) is 1. The van der Waals surface area contributed by atoms with Crippen molar-refractivity contribution in [3.63, 3.8) is 0 Å². The molecule has 0 aliphatic heterocycles. The molecule has 114 valence electrons. The van der Waals surface area contributed by atoms with Crippen molar-refractivity contribution in [2.75, 3.05) is 46.1 Å². The zero-order valence-corrected chi connectivity index (χ0v) is 12.4. The Balaban J connectivity index is 1.90. The molecule has 0 spiro atoms. The second-order valence-electron chi connectivity index (χ2n) is 4.90. The molecule has 0 saturated carbocycles. The van der Waals surface area contributed by atoms with E-state index in [2.05, 4.69) is 5.10 Å². The Kier molecular flexibility index (Phi) is 4.99. The van der Waals surface area contributed by atoms with Crippen LogP contribution < -0.4 is 10.5 Å². The number of nitrogen functional groups attached to an aromatic ring is 1. The van der Waals surface area contributed by atoms with Gasteiger partial charge in [0.25, 0.3) is 5.88 Å². The molecule has 2 aromatic heterocycles. The summed E-state index contributed by atoms with van der Waals surface area (Å²) in [4.78, 5) is 1.99. The van der Waals surface area contributed by atoms with Gasteiger partial charge in [-0.3, -0.25) is 9.48 Å². The lowest BCUT2D eigenvalue weighted by Gasteiger charge is -2.09. The largest absolute Gasteiger partial charge is 0.471 e. The van der Waals surface area contributed by atoms with E-state index in [1.54, 1.807) is 4.52 Å². The van der Waals surface area contributed by atoms with Crippen molar-refractivity contribution in [3.8, 4) is 5.88 Å². The van der Waals surface area contributed by atoms with Gasteiger partial charge in [0, 0.05) is 6.20 Å². The number of fused-ring (bicyclic) bond motifs is 1. The van der Waals surface area contributed by atoms with Crippen LogP contribution in [0.25, 0.3) is 5.52 Å². The first-order valence-corrected chi connectivity index (χ1v) is 6.84. The molecule has 0 aromatic carbocycles. The fourth-order valence-electron chi connectivity index (χ4n) is 2.00. The lowest BCUT2D eigenvalue weighted by atomic mass is 10.4. The maximum Gasteiger partial charge on any atom is 0.257 e. The van der Waals surface area contributed by atoms with Crippen LogP contribution >= 0.6 is 0 Å². The molecule has 0 atom stereocenters. The van der Waals surface area contributed by atoms with Gasteiger partial charge >= 0.3 is 0 Å². The number of likely N-dealkylation sites (N-methyl/N-ethyl adjacent to an activating group) is 2. The summed E-state index contributed by atoms with van der Waals surface area (Å²) in [7, 11) is 3.86. The Morgan fingerprint density at radius 2 is 2.33 bits per heavy atom. The third-order valence-corrected chi connectivity index (χ3v) is 3.07. The number of nitrogens with zero attached hydrogens (tertiary/aromatic N) is 4. The molecule has 0 saturated heterocycles. The number of pyridine rings is 1. The van der Waals surface area contributed by atoms with Gasteiger partial charge in [0.2, 0.25) is 6.34 Å². The van der Waals surface area contributed by atoms with E-state index in [9.17, 15) is 0 Å². The number of anilines is 1. The summed E-state index contributed by atoms with van der Waals surface area (Å²) < 4.78 is 9.27. The third-order valence-electron chi connectivity index (χ3n) is 3.07. The van der Waals surface area contributed by atoms with E-state index in [1.807, 2.05) is 54.3 Å². The minimum Gasteiger partial charge on any atom is -0.471 e. The van der Waals surface area contributed by atoms with Crippen molar-refractivity contribution in [1.82, 2.24) is 14.5 Å². The Morgan fingerprint density at radius 3 is 3.05 bits per heavy atom. The van der Waals surface area contributed by atoms with E-state index < -0.39 is 0 Å². The minimum absolute atomic E-state index is 0.134. The summed E-state index contributed by atoms with van der Waals surface area (Å²) in [6, 6.07) is 5.71. The molecule has 0 fully saturated rings. The highest BCUT2D eigenvalue weighted by molar-refractivity contribution is 5.74. The topological polar surface area (TPSA) is 79.0 Å². The molecule has 0 aliphatic rings. The molecule has 2 heterocycles. The van der Waals surface area contributed by atoms with Crippen LogP contribution in [0.5, 0.6) is 5.88 Å². The summed E-state index contributed by atoms with van der Waals surface area (Å²) in [6.07, 6.45) is 3.76. The van der Waals surface area contributed by atoms with Gasteiger partial charge in [-0.1, -0.05) is 6.07 Å². The van der Waals surface area contributed by atoms with Gasteiger partial charge in [-0.05, 0) is 12.1 Å². The molecule has 0 aliphatic carbocycles. The van der Waals surface area contributed by atoms with Gasteiger partial charge in [0.05, 0.1) is 26.2 Å². The number of ether oxygens (including phenoxy) is 1. The van der Waals surface area contributed by atoms with Crippen LogP contribution in [0, 0.1) is 0 Å². The summed E-state index contributed by atoms with van der Waals surface area (Å²) in [5, 5.41) is 13.1. The van der Waals surface area contributed by atoms with E-state index in [0.29, 0.717) is 31.3 Å². The van der Waals surface area contributed by atoms with Gasteiger partial charge in [0.1, 0.15) is 25.4 Å². The van der Waals surface area contributed by atoms with Crippen molar-refractivity contribution >= 4 is 17.5 Å². The number of hydrogen-bond acceptors (Lipinski definition) is 4. The fraction of sp³-hybridized carbons (Fsp3) is 0.429. The summed E-state index contributed by atoms with van der Waals surface area (Å²) >= 11 is 0. The van der Waals surface area contributed by atoms with Crippen LogP contribution in [-0.2, 0) is 0 Å². The smallest absolute Gasteiger partial charge is 0.257 e. The average Bonchev–Trinajstić information content (AvgIpc) is 2.76. The Bertz CT molecular complexity index is 623. The lowest BCUT2D eigenvalue weighted by Crippen LogP contribution is -2.28. The number of aliphatic hydroxyl groups is 1. The van der Waals surface area contributed by atoms with Crippen molar-refractivity contribution in [3.05, 3.63) is 24.4 Å². The predicted molar refractivity (Wildman–Crippen MR) is 81.9 cm³/mol.